The van der Waals surface area contributed by atoms with Gasteiger partial charge in [-0.3, -0.25) is 15.0 Å². The number of hydrogen-bond donors (Lipinski definition) is 3. The number of anilines is 3. The number of pyridine rings is 3. The van der Waals surface area contributed by atoms with E-state index in [9.17, 15) is 0 Å². The summed E-state index contributed by atoms with van der Waals surface area (Å²) in [6.07, 6.45) is 5.26. The van der Waals surface area contributed by atoms with Crippen LogP contribution in [0.5, 0.6) is 0 Å². The van der Waals surface area contributed by atoms with Crippen LogP contribution in [0.4, 0.5) is 17.8 Å². The van der Waals surface area contributed by atoms with E-state index in [-0.39, 0.29) is 0 Å². The van der Waals surface area contributed by atoms with Crippen LogP contribution in [0.15, 0.2) is 73.2 Å². The zero-order valence-corrected chi connectivity index (χ0v) is 16.2. The quantitative estimate of drug-likeness (QED) is 0.391. The van der Waals surface area contributed by atoms with Crippen molar-refractivity contribution in [1.29, 1.82) is 0 Å². The molecule has 0 aliphatic rings. The minimum atomic E-state index is 0.447. The van der Waals surface area contributed by atoms with Crippen molar-refractivity contribution >= 4 is 17.8 Å². The van der Waals surface area contributed by atoms with Gasteiger partial charge in [0.1, 0.15) is 0 Å². The van der Waals surface area contributed by atoms with Crippen LogP contribution in [0.2, 0.25) is 0 Å². The van der Waals surface area contributed by atoms with Gasteiger partial charge >= 0.3 is 0 Å². The summed E-state index contributed by atoms with van der Waals surface area (Å²) in [6.45, 7) is 1.51. The summed E-state index contributed by atoms with van der Waals surface area (Å²) in [5.74, 6) is 1.34. The van der Waals surface area contributed by atoms with E-state index in [1.807, 2.05) is 54.6 Å². The number of nitrogens with one attached hydrogen (secondary N) is 3. The Labute approximate surface area is 174 Å². The van der Waals surface area contributed by atoms with Crippen molar-refractivity contribution in [1.82, 2.24) is 29.9 Å². The maximum Gasteiger partial charge on any atom is 0.229 e. The van der Waals surface area contributed by atoms with Crippen LogP contribution in [0, 0.1) is 0 Å². The number of nitrogens with zero attached hydrogens (tertiary/aromatic N) is 6. The molecule has 0 amide bonds. The minimum Gasteiger partial charge on any atom is -0.348 e. The molecule has 9 nitrogen and oxygen atoms in total. The third-order valence-electron chi connectivity index (χ3n) is 4.10. The van der Waals surface area contributed by atoms with Gasteiger partial charge in [0.2, 0.25) is 17.8 Å². The molecular weight excluding hydrogens is 378 g/mol. The van der Waals surface area contributed by atoms with Gasteiger partial charge in [0.15, 0.2) is 0 Å². The van der Waals surface area contributed by atoms with Crippen molar-refractivity contribution in [2.75, 3.05) is 16.0 Å². The van der Waals surface area contributed by atoms with E-state index in [2.05, 4.69) is 45.9 Å². The molecule has 9 heteroatoms. The Hall–Kier alpha value is -4.14. The van der Waals surface area contributed by atoms with Gasteiger partial charge < -0.3 is 16.0 Å². The first kappa shape index (κ1) is 19.2. The van der Waals surface area contributed by atoms with Crippen LogP contribution in [0.3, 0.4) is 0 Å². The van der Waals surface area contributed by atoms with Crippen LogP contribution >= 0.6 is 0 Å². The zero-order chi connectivity index (χ0) is 20.4. The molecule has 4 rings (SSSR count). The van der Waals surface area contributed by atoms with E-state index in [1.165, 1.54) is 0 Å². The largest absolute Gasteiger partial charge is 0.348 e. The molecule has 0 fully saturated rings. The predicted molar refractivity (Wildman–Crippen MR) is 115 cm³/mol. The Bertz CT molecular complexity index is 895. The second-order valence-electron chi connectivity index (χ2n) is 6.33. The molecule has 0 aliphatic carbocycles. The number of hydrogen-bond acceptors (Lipinski definition) is 9. The SMILES string of the molecule is c1ccc(CNc2nc(NCc3ccccn3)nc(NCc3ccccn3)n2)nc1. The molecule has 3 N–H and O–H groups in total. The molecule has 0 atom stereocenters. The van der Waals surface area contributed by atoms with Crippen molar-refractivity contribution in [3.63, 3.8) is 0 Å². The molecule has 0 saturated heterocycles. The summed E-state index contributed by atoms with van der Waals surface area (Å²) in [5.41, 5.74) is 2.68. The van der Waals surface area contributed by atoms with E-state index >= 15 is 0 Å². The predicted octanol–water partition coefficient (Wildman–Crippen LogP) is 2.89. The van der Waals surface area contributed by atoms with Crippen LogP contribution in [-0.2, 0) is 19.6 Å². The molecule has 0 aromatic carbocycles. The van der Waals surface area contributed by atoms with Crippen molar-refractivity contribution in [3.8, 4) is 0 Å². The van der Waals surface area contributed by atoms with Gasteiger partial charge in [-0.2, -0.15) is 15.0 Å². The maximum atomic E-state index is 4.46. The smallest absolute Gasteiger partial charge is 0.229 e. The molecule has 0 aliphatic heterocycles. The number of aromatic nitrogens is 6. The molecule has 4 heterocycles. The fourth-order valence-electron chi connectivity index (χ4n) is 2.63. The summed E-state index contributed by atoms with van der Waals surface area (Å²) in [7, 11) is 0. The number of rotatable bonds is 9. The van der Waals surface area contributed by atoms with Crippen molar-refractivity contribution in [2.45, 2.75) is 19.6 Å². The van der Waals surface area contributed by atoms with Gasteiger partial charge in [0.25, 0.3) is 0 Å². The highest BCUT2D eigenvalue weighted by molar-refractivity contribution is 5.42. The first-order chi connectivity index (χ1) is 14.8. The fraction of sp³-hybridized carbons (Fsp3) is 0.143. The topological polar surface area (TPSA) is 113 Å². The molecule has 0 saturated carbocycles. The lowest BCUT2D eigenvalue weighted by Gasteiger charge is -2.11. The second-order valence-corrected chi connectivity index (χ2v) is 6.33. The Morgan fingerprint density at radius 1 is 0.467 bits per heavy atom. The van der Waals surface area contributed by atoms with Crippen LogP contribution in [0.25, 0.3) is 0 Å². The van der Waals surface area contributed by atoms with E-state index < -0.39 is 0 Å². The van der Waals surface area contributed by atoms with E-state index in [4.69, 9.17) is 0 Å². The summed E-state index contributed by atoms with van der Waals surface area (Å²) < 4.78 is 0. The van der Waals surface area contributed by atoms with Crippen LogP contribution in [0.1, 0.15) is 17.1 Å². The van der Waals surface area contributed by atoms with Crippen LogP contribution < -0.4 is 16.0 Å². The van der Waals surface area contributed by atoms with Gasteiger partial charge in [-0.05, 0) is 36.4 Å². The third-order valence-corrected chi connectivity index (χ3v) is 4.10. The molecule has 30 heavy (non-hydrogen) atoms. The first-order valence-corrected chi connectivity index (χ1v) is 9.52. The average Bonchev–Trinajstić information content (AvgIpc) is 2.82. The van der Waals surface area contributed by atoms with E-state index in [0.717, 1.165) is 17.1 Å². The first-order valence-electron chi connectivity index (χ1n) is 9.52. The van der Waals surface area contributed by atoms with Crippen LogP contribution in [-0.4, -0.2) is 29.9 Å². The summed E-state index contributed by atoms with van der Waals surface area (Å²) >= 11 is 0. The van der Waals surface area contributed by atoms with E-state index in [0.29, 0.717) is 37.5 Å². The van der Waals surface area contributed by atoms with Crippen molar-refractivity contribution in [3.05, 3.63) is 90.3 Å². The fourth-order valence-corrected chi connectivity index (χ4v) is 2.63. The monoisotopic (exact) mass is 399 g/mol. The molecular formula is C21H21N9. The Morgan fingerprint density at radius 2 is 0.800 bits per heavy atom. The standard InChI is InChI=1S/C21H21N9/c1-4-10-22-16(7-1)13-25-19-28-20(26-14-17-8-2-5-11-23-17)30-21(29-19)27-15-18-9-3-6-12-24-18/h1-12H,13-15H2,(H3,25,26,27,28,29,30). The van der Waals surface area contributed by atoms with Crippen molar-refractivity contribution < 1.29 is 0 Å². The lowest BCUT2D eigenvalue weighted by atomic mass is 10.3. The molecule has 0 bridgehead atoms. The molecule has 4 aromatic heterocycles. The molecule has 0 unspecified atom stereocenters. The van der Waals surface area contributed by atoms with Gasteiger partial charge in [-0.1, -0.05) is 18.2 Å². The molecule has 150 valence electrons. The van der Waals surface area contributed by atoms with Gasteiger partial charge in [-0.15, -0.1) is 0 Å². The Morgan fingerprint density at radius 3 is 1.07 bits per heavy atom. The summed E-state index contributed by atoms with van der Waals surface area (Å²) in [6, 6.07) is 17.3. The highest BCUT2D eigenvalue weighted by Gasteiger charge is 2.08. The maximum absolute atomic E-state index is 4.46. The van der Waals surface area contributed by atoms with E-state index in [1.54, 1.807) is 18.6 Å². The Kier molecular flexibility index (Phi) is 6.32. The third kappa shape index (κ3) is 5.68. The Balaban J connectivity index is 1.48. The average molecular weight is 399 g/mol. The zero-order valence-electron chi connectivity index (χ0n) is 16.2. The highest BCUT2D eigenvalue weighted by atomic mass is 15.3. The minimum absolute atomic E-state index is 0.447. The molecule has 0 radical (unpaired) electrons. The highest BCUT2D eigenvalue weighted by Crippen LogP contribution is 2.12. The second kappa shape index (κ2) is 9.87. The normalized spacial score (nSPS) is 10.4. The summed E-state index contributed by atoms with van der Waals surface area (Å²) in [5, 5.41) is 9.61. The van der Waals surface area contributed by atoms with Gasteiger partial charge in [0.05, 0.1) is 36.7 Å². The lowest BCUT2D eigenvalue weighted by molar-refractivity contribution is 0.932. The molecule has 0 spiro atoms. The van der Waals surface area contributed by atoms with Gasteiger partial charge in [0, 0.05) is 18.6 Å². The lowest BCUT2D eigenvalue weighted by Crippen LogP contribution is -2.13. The summed E-state index contributed by atoms with van der Waals surface area (Å²) in [4.78, 5) is 26.3. The molecule has 4 aromatic rings. The van der Waals surface area contributed by atoms with Gasteiger partial charge in [-0.25, -0.2) is 0 Å². The van der Waals surface area contributed by atoms with Crippen molar-refractivity contribution in [2.24, 2.45) is 0 Å².